The molecule has 132 valence electrons. The van der Waals surface area contributed by atoms with Crippen molar-refractivity contribution in [2.24, 2.45) is 17.8 Å². The molecule has 0 amide bonds. The van der Waals surface area contributed by atoms with Crippen LogP contribution >= 0.6 is 0 Å². The Morgan fingerprint density at radius 3 is 1.75 bits per heavy atom. The van der Waals surface area contributed by atoms with Gasteiger partial charge in [-0.25, -0.2) is 8.42 Å². The van der Waals surface area contributed by atoms with Gasteiger partial charge in [0.05, 0.1) is 4.90 Å². The van der Waals surface area contributed by atoms with Gasteiger partial charge in [0.25, 0.3) is 0 Å². The van der Waals surface area contributed by atoms with Crippen LogP contribution < -0.4 is 0 Å². The molecule has 24 heavy (non-hydrogen) atoms. The molecule has 4 heteroatoms. The molecule has 0 atom stereocenters. The minimum absolute atomic E-state index is 0.128. The molecule has 0 heterocycles. The lowest BCUT2D eigenvalue weighted by molar-refractivity contribution is -0.0496. The van der Waals surface area contributed by atoms with Crippen LogP contribution in [0.3, 0.4) is 0 Å². The lowest BCUT2D eigenvalue weighted by Gasteiger charge is -2.59. The molecule has 4 saturated carbocycles. The number of hydrogen-bond acceptors (Lipinski definition) is 2. The fourth-order valence-electron chi connectivity index (χ4n) is 6.42. The van der Waals surface area contributed by atoms with Crippen LogP contribution in [-0.2, 0) is 10.0 Å². The van der Waals surface area contributed by atoms with Gasteiger partial charge in [-0.15, -0.1) is 0 Å². The Labute approximate surface area is 146 Å². The predicted molar refractivity (Wildman–Crippen MR) is 96.5 cm³/mol. The molecule has 0 aliphatic heterocycles. The summed E-state index contributed by atoms with van der Waals surface area (Å²) < 4.78 is 28.8. The Morgan fingerprint density at radius 1 is 0.917 bits per heavy atom. The Balaban J connectivity index is 1.75. The molecule has 1 aromatic rings. The summed E-state index contributed by atoms with van der Waals surface area (Å²) in [6, 6.07) is 3.99. The van der Waals surface area contributed by atoms with Gasteiger partial charge in [0, 0.05) is 12.6 Å². The number of benzene rings is 1. The minimum Gasteiger partial charge on any atom is -0.207 e. The van der Waals surface area contributed by atoms with Gasteiger partial charge in [-0.05, 0) is 88.2 Å². The zero-order chi connectivity index (χ0) is 17.3. The molecule has 3 nitrogen and oxygen atoms in total. The van der Waals surface area contributed by atoms with Crippen LogP contribution in [0.2, 0.25) is 0 Å². The Bertz CT molecular complexity index is 723. The third kappa shape index (κ3) is 2.37. The molecule has 4 aliphatic rings. The average Bonchev–Trinajstić information content (AvgIpc) is 2.43. The zero-order valence-electron chi connectivity index (χ0n) is 15.3. The molecular weight excluding hydrogens is 318 g/mol. The van der Waals surface area contributed by atoms with Gasteiger partial charge < -0.3 is 0 Å². The van der Waals surface area contributed by atoms with E-state index < -0.39 is 10.0 Å². The van der Waals surface area contributed by atoms with E-state index in [9.17, 15) is 8.42 Å². The van der Waals surface area contributed by atoms with E-state index in [1.165, 1.54) is 19.3 Å². The van der Waals surface area contributed by atoms with E-state index in [0.717, 1.165) is 53.7 Å². The summed E-state index contributed by atoms with van der Waals surface area (Å²) in [6.07, 6.45) is 7.19. The Kier molecular flexibility index (Phi) is 3.67. The molecule has 5 rings (SSSR count). The molecule has 0 aromatic heterocycles. The van der Waals surface area contributed by atoms with Crippen molar-refractivity contribution in [2.75, 3.05) is 7.05 Å². The highest BCUT2D eigenvalue weighted by molar-refractivity contribution is 7.89. The summed E-state index contributed by atoms with van der Waals surface area (Å²) in [5.41, 5.74) is 2.76. The monoisotopic (exact) mass is 347 g/mol. The summed E-state index contributed by atoms with van der Waals surface area (Å²) in [5, 5.41) is 0. The van der Waals surface area contributed by atoms with Crippen LogP contribution in [0.25, 0.3) is 0 Å². The zero-order valence-corrected chi connectivity index (χ0v) is 16.1. The van der Waals surface area contributed by atoms with E-state index in [1.54, 1.807) is 4.31 Å². The van der Waals surface area contributed by atoms with Crippen molar-refractivity contribution in [2.45, 2.75) is 69.7 Å². The van der Waals surface area contributed by atoms with Crippen molar-refractivity contribution in [3.8, 4) is 0 Å². The fourth-order valence-corrected chi connectivity index (χ4v) is 8.36. The quantitative estimate of drug-likeness (QED) is 0.822. The van der Waals surface area contributed by atoms with Crippen LogP contribution in [0, 0.1) is 38.5 Å². The highest BCUT2D eigenvalue weighted by atomic mass is 32.2. The first-order chi connectivity index (χ1) is 11.2. The maximum atomic E-state index is 13.5. The van der Waals surface area contributed by atoms with E-state index in [-0.39, 0.29) is 5.54 Å². The highest BCUT2D eigenvalue weighted by Crippen LogP contribution is 2.58. The number of sulfonamides is 1. The van der Waals surface area contributed by atoms with Crippen molar-refractivity contribution in [1.29, 1.82) is 0 Å². The molecule has 4 fully saturated rings. The lowest BCUT2D eigenvalue weighted by Crippen LogP contribution is -2.60. The molecule has 0 radical (unpaired) electrons. The molecular formula is C20H29NO2S. The van der Waals surface area contributed by atoms with Gasteiger partial charge >= 0.3 is 0 Å². The predicted octanol–water partition coefficient (Wildman–Crippen LogP) is 4.20. The highest BCUT2D eigenvalue weighted by Gasteiger charge is 2.55. The normalized spacial score (nSPS) is 35.0. The van der Waals surface area contributed by atoms with Crippen LogP contribution in [0.5, 0.6) is 0 Å². The standard InChI is InChI=1S/C20H29NO2S/c1-13-5-14(2)19(15(3)6-13)24(22,23)21(4)20-10-16-7-17(11-20)9-18(8-16)12-20/h5-6,16-18H,7-12H2,1-4H3. The fraction of sp³-hybridized carbons (Fsp3) is 0.700. The third-order valence-corrected chi connectivity index (χ3v) is 9.17. The van der Waals surface area contributed by atoms with E-state index in [4.69, 9.17) is 0 Å². The maximum absolute atomic E-state index is 13.5. The van der Waals surface area contributed by atoms with Gasteiger partial charge in [0.1, 0.15) is 0 Å². The van der Waals surface area contributed by atoms with E-state index in [0.29, 0.717) is 4.90 Å². The van der Waals surface area contributed by atoms with Gasteiger partial charge in [-0.2, -0.15) is 4.31 Å². The molecule has 0 unspecified atom stereocenters. The van der Waals surface area contributed by atoms with Gasteiger partial charge in [-0.3, -0.25) is 0 Å². The van der Waals surface area contributed by atoms with Crippen LogP contribution in [0.1, 0.15) is 55.2 Å². The van der Waals surface area contributed by atoms with Gasteiger partial charge in [0.15, 0.2) is 0 Å². The first kappa shape index (κ1) is 16.6. The van der Waals surface area contributed by atoms with Crippen LogP contribution in [0.15, 0.2) is 17.0 Å². The number of rotatable bonds is 3. The van der Waals surface area contributed by atoms with Crippen molar-refractivity contribution in [1.82, 2.24) is 4.31 Å². The summed E-state index contributed by atoms with van der Waals surface area (Å²) in [7, 11) is -1.60. The first-order valence-corrected chi connectivity index (χ1v) is 10.7. The van der Waals surface area contributed by atoms with Crippen LogP contribution in [-0.4, -0.2) is 25.3 Å². The van der Waals surface area contributed by atoms with Crippen molar-refractivity contribution in [3.05, 3.63) is 28.8 Å². The summed E-state index contributed by atoms with van der Waals surface area (Å²) in [4.78, 5) is 0.534. The van der Waals surface area contributed by atoms with Crippen molar-refractivity contribution >= 4 is 10.0 Å². The Hall–Kier alpha value is -0.870. The SMILES string of the molecule is Cc1cc(C)c(S(=O)(=O)N(C)C23CC4CC(CC(C4)C2)C3)c(C)c1. The topological polar surface area (TPSA) is 37.4 Å². The number of aryl methyl sites for hydroxylation is 3. The summed E-state index contributed by atoms with van der Waals surface area (Å²) in [6.45, 7) is 5.89. The summed E-state index contributed by atoms with van der Waals surface area (Å²) in [5.74, 6) is 2.23. The second-order valence-corrected chi connectivity index (χ2v) is 10.7. The Morgan fingerprint density at radius 2 is 1.33 bits per heavy atom. The second kappa shape index (κ2) is 5.31. The minimum atomic E-state index is -3.45. The summed E-state index contributed by atoms with van der Waals surface area (Å²) >= 11 is 0. The maximum Gasteiger partial charge on any atom is 0.243 e. The lowest BCUT2D eigenvalue weighted by atomic mass is 9.53. The van der Waals surface area contributed by atoms with E-state index in [2.05, 4.69) is 0 Å². The molecule has 1 aromatic carbocycles. The smallest absolute Gasteiger partial charge is 0.207 e. The van der Waals surface area contributed by atoms with Gasteiger partial charge in [-0.1, -0.05) is 17.7 Å². The average molecular weight is 348 g/mol. The second-order valence-electron chi connectivity index (χ2n) is 8.84. The molecule has 0 saturated heterocycles. The van der Waals surface area contributed by atoms with Crippen molar-refractivity contribution < 1.29 is 8.42 Å². The molecule has 4 aliphatic carbocycles. The van der Waals surface area contributed by atoms with Gasteiger partial charge in [0.2, 0.25) is 10.0 Å². The molecule has 0 N–H and O–H groups in total. The molecule has 0 spiro atoms. The van der Waals surface area contributed by atoms with E-state index in [1.807, 2.05) is 40.0 Å². The largest absolute Gasteiger partial charge is 0.243 e. The molecule has 4 bridgehead atoms. The number of hydrogen-bond donors (Lipinski definition) is 0. The van der Waals surface area contributed by atoms with E-state index >= 15 is 0 Å². The third-order valence-electron chi connectivity index (χ3n) is 6.90. The first-order valence-electron chi connectivity index (χ1n) is 9.28. The number of nitrogens with zero attached hydrogens (tertiary/aromatic N) is 1. The van der Waals surface area contributed by atoms with Crippen molar-refractivity contribution in [3.63, 3.8) is 0 Å². The van der Waals surface area contributed by atoms with Crippen LogP contribution in [0.4, 0.5) is 0 Å².